The van der Waals surface area contributed by atoms with E-state index in [9.17, 15) is 4.79 Å². The van der Waals surface area contributed by atoms with Gasteiger partial charge in [-0.25, -0.2) is 0 Å². The minimum atomic E-state index is 0.157. The van der Waals surface area contributed by atoms with Crippen LogP contribution in [0, 0.1) is 0 Å². The lowest BCUT2D eigenvalue weighted by Gasteiger charge is -2.23. The van der Waals surface area contributed by atoms with Gasteiger partial charge in [-0.1, -0.05) is 41.9 Å². The lowest BCUT2D eigenvalue weighted by Crippen LogP contribution is -2.16. The van der Waals surface area contributed by atoms with Gasteiger partial charge in [0.25, 0.3) is 0 Å². The summed E-state index contributed by atoms with van der Waals surface area (Å²) >= 11 is 6.05. The normalized spacial score (nSPS) is 18.2. The average molecular weight is 298 g/mol. The molecular weight excluding hydrogens is 282 g/mol. The zero-order valence-electron chi connectivity index (χ0n) is 11.6. The Morgan fingerprint density at radius 3 is 2.57 bits per heavy atom. The predicted molar refractivity (Wildman–Crippen MR) is 86.6 cm³/mol. The Morgan fingerprint density at radius 2 is 1.81 bits per heavy atom. The van der Waals surface area contributed by atoms with Crippen molar-refractivity contribution in [2.24, 2.45) is 0 Å². The topological polar surface area (TPSA) is 29.1 Å². The van der Waals surface area contributed by atoms with Gasteiger partial charge in [0.15, 0.2) is 5.78 Å². The molecule has 0 heterocycles. The van der Waals surface area contributed by atoms with Crippen LogP contribution in [-0.4, -0.2) is 5.78 Å². The highest BCUT2D eigenvalue weighted by atomic mass is 35.5. The fourth-order valence-corrected chi connectivity index (χ4v) is 2.88. The molecule has 21 heavy (non-hydrogen) atoms. The standard InChI is InChI=1S/C18H16ClNO/c19-15-6-4-5-13(9-15)14-10-17(12-18(21)11-14)20-16-7-2-1-3-8-16/h1-9,12,14,20H,10-11H2/t14-/m0/s1. The predicted octanol–water partition coefficient (Wildman–Crippen LogP) is 4.78. The minimum absolute atomic E-state index is 0.157. The van der Waals surface area contributed by atoms with E-state index in [-0.39, 0.29) is 11.7 Å². The SMILES string of the molecule is O=C1C=C(Nc2ccccc2)C[C@H](c2cccc(Cl)c2)C1. The number of benzene rings is 2. The highest BCUT2D eigenvalue weighted by molar-refractivity contribution is 6.30. The van der Waals surface area contributed by atoms with E-state index in [1.54, 1.807) is 6.08 Å². The third-order valence-electron chi connectivity index (χ3n) is 3.65. The van der Waals surface area contributed by atoms with E-state index in [4.69, 9.17) is 11.6 Å². The highest BCUT2D eigenvalue weighted by Crippen LogP contribution is 2.32. The summed E-state index contributed by atoms with van der Waals surface area (Å²) < 4.78 is 0. The van der Waals surface area contributed by atoms with E-state index in [2.05, 4.69) is 5.32 Å². The molecule has 106 valence electrons. The number of nitrogens with one attached hydrogen (secondary N) is 1. The van der Waals surface area contributed by atoms with Crippen LogP contribution in [-0.2, 0) is 4.79 Å². The second-order valence-electron chi connectivity index (χ2n) is 5.29. The molecule has 0 fully saturated rings. The second kappa shape index (κ2) is 6.15. The summed E-state index contributed by atoms with van der Waals surface area (Å²) in [6.45, 7) is 0. The quantitative estimate of drug-likeness (QED) is 0.883. The summed E-state index contributed by atoms with van der Waals surface area (Å²) in [5, 5.41) is 4.05. The van der Waals surface area contributed by atoms with Gasteiger partial charge < -0.3 is 5.32 Å². The van der Waals surface area contributed by atoms with Crippen LogP contribution in [0.2, 0.25) is 5.02 Å². The molecule has 2 aromatic rings. The number of hydrogen-bond acceptors (Lipinski definition) is 2. The van der Waals surface area contributed by atoms with Crippen molar-refractivity contribution < 1.29 is 4.79 Å². The monoisotopic (exact) mass is 297 g/mol. The zero-order valence-corrected chi connectivity index (χ0v) is 12.3. The van der Waals surface area contributed by atoms with Crippen LogP contribution >= 0.6 is 11.6 Å². The molecule has 1 N–H and O–H groups in total. The number of hydrogen-bond donors (Lipinski definition) is 1. The molecule has 3 heteroatoms. The first-order valence-electron chi connectivity index (χ1n) is 7.01. The third-order valence-corrected chi connectivity index (χ3v) is 3.88. The second-order valence-corrected chi connectivity index (χ2v) is 5.72. The summed E-state index contributed by atoms with van der Waals surface area (Å²) in [5.74, 6) is 0.345. The number of ketones is 1. The van der Waals surface area contributed by atoms with Gasteiger partial charge in [0.05, 0.1) is 0 Å². The molecule has 2 aromatic carbocycles. The van der Waals surface area contributed by atoms with Crippen LogP contribution in [0.1, 0.15) is 24.3 Å². The molecule has 0 saturated heterocycles. The van der Waals surface area contributed by atoms with Gasteiger partial charge in [0.1, 0.15) is 0 Å². The van der Waals surface area contributed by atoms with E-state index in [0.717, 1.165) is 23.4 Å². The van der Waals surface area contributed by atoms with Crippen molar-refractivity contribution in [2.45, 2.75) is 18.8 Å². The first-order valence-corrected chi connectivity index (χ1v) is 7.39. The van der Waals surface area contributed by atoms with Crippen molar-refractivity contribution in [1.29, 1.82) is 0 Å². The maximum Gasteiger partial charge on any atom is 0.158 e. The van der Waals surface area contributed by atoms with E-state index in [1.807, 2.05) is 54.6 Å². The number of allylic oxidation sites excluding steroid dienone is 2. The van der Waals surface area contributed by atoms with Crippen LogP contribution in [0.15, 0.2) is 66.4 Å². The summed E-state index contributed by atoms with van der Waals surface area (Å²) in [5.41, 5.74) is 3.09. The molecule has 0 aliphatic heterocycles. The summed E-state index contributed by atoms with van der Waals surface area (Å²) in [6.07, 6.45) is 3.08. The molecule has 1 aliphatic carbocycles. The Labute approximate surface area is 129 Å². The molecule has 0 amide bonds. The first kappa shape index (κ1) is 13.9. The van der Waals surface area contributed by atoms with Crippen LogP contribution in [0.4, 0.5) is 5.69 Å². The molecule has 1 atom stereocenters. The van der Waals surface area contributed by atoms with Gasteiger partial charge in [-0.05, 0) is 42.2 Å². The molecule has 0 aromatic heterocycles. The van der Waals surface area contributed by atoms with Crippen LogP contribution in [0.5, 0.6) is 0 Å². The Morgan fingerprint density at radius 1 is 1.00 bits per heavy atom. The van der Waals surface area contributed by atoms with Crippen molar-refractivity contribution in [3.8, 4) is 0 Å². The molecular formula is C18H16ClNO. The van der Waals surface area contributed by atoms with Crippen LogP contribution < -0.4 is 5.32 Å². The lowest BCUT2D eigenvalue weighted by atomic mass is 9.85. The van der Waals surface area contributed by atoms with Crippen molar-refractivity contribution in [2.75, 3.05) is 5.32 Å². The maximum absolute atomic E-state index is 12.0. The molecule has 0 radical (unpaired) electrons. The number of carbonyl (C=O) groups excluding carboxylic acids is 1. The Bertz CT molecular complexity index is 679. The van der Waals surface area contributed by atoms with E-state index >= 15 is 0 Å². The van der Waals surface area contributed by atoms with Crippen molar-refractivity contribution in [3.05, 3.63) is 77.0 Å². The minimum Gasteiger partial charge on any atom is -0.359 e. The number of anilines is 1. The zero-order chi connectivity index (χ0) is 14.7. The summed E-state index contributed by atoms with van der Waals surface area (Å²) in [4.78, 5) is 12.0. The fourth-order valence-electron chi connectivity index (χ4n) is 2.68. The van der Waals surface area contributed by atoms with E-state index in [0.29, 0.717) is 11.4 Å². The molecule has 0 spiro atoms. The number of halogens is 1. The first-order chi connectivity index (χ1) is 10.2. The van der Waals surface area contributed by atoms with Gasteiger partial charge >= 0.3 is 0 Å². The van der Waals surface area contributed by atoms with Gasteiger partial charge in [0.2, 0.25) is 0 Å². The van der Waals surface area contributed by atoms with Crippen molar-refractivity contribution >= 4 is 23.1 Å². The smallest absolute Gasteiger partial charge is 0.158 e. The highest BCUT2D eigenvalue weighted by Gasteiger charge is 2.22. The van der Waals surface area contributed by atoms with Gasteiger partial charge in [-0.3, -0.25) is 4.79 Å². The maximum atomic E-state index is 12.0. The van der Waals surface area contributed by atoms with Gasteiger partial charge in [-0.2, -0.15) is 0 Å². The molecule has 3 rings (SSSR count). The van der Waals surface area contributed by atoms with E-state index in [1.165, 1.54) is 0 Å². The molecule has 0 bridgehead atoms. The van der Waals surface area contributed by atoms with Crippen LogP contribution in [0.25, 0.3) is 0 Å². The third kappa shape index (κ3) is 3.53. The lowest BCUT2D eigenvalue weighted by molar-refractivity contribution is -0.115. The van der Waals surface area contributed by atoms with Gasteiger partial charge in [0, 0.05) is 28.9 Å². The number of rotatable bonds is 3. The van der Waals surface area contributed by atoms with Gasteiger partial charge in [-0.15, -0.1) is 0 Å². The molecule has 1 aliphatic rings. The largest absolute Gasteiger partial charge is 0.359 e. The average Bonchev–Trinajstić information content (AvgIpc) is 2.48. The Balaban J connectivity index is 1.79. The summed E-state index contributed by atoms with van der Waals surface area (Å²) in [6, 6.07) is 17.7. The van der Waals surface area contributed by atoms with E-state index < -0.39 is 0 Å². The molecule has 0 saturated carbocycles. The number of para-hydroxylation sites is 1. The molecule has 2 nitrogen and oxygen atoms in total. The van der Waals surface area contributed by atoms with Crippen LogP contribution in [0.3, 0.4) is 0 Å². The Kier molecular flexibility index (Phi) is 4.07. The van der Waals surface area contributed by atoms with Crippen molar-refractivity contribution in [3.63, 3.8) is 0 Å². The fraction of sp³-hybridized carbons (Fsp3) is 0.167. The number of carbonyl (C=O) groups is 1. The summed E-state index contributed by atoms with van der Waals surface area (Å²) in [7, 11) is 0. The van der Waals surface area contributed by atoms with Crippen molar-refractivity contribution in [1.82, 2.24) is 0 Å². The molecule has 0 unspecified atom stereocenters. The Hall–Kier alpha value is -2.06.